The van der Waals surface area contributed by atoms with Gasteiger partial charge in [-0.2, -0.15) is 0 Å². The Morgan fingerprint density at radius 3 is 2.10 bits per heavy atom. The number of ether oxygens (including phenoxy) is 1. The number of methoxy groups -OCH3 is 1. The lowest BCUT2D eigenvalue weighted by Gasteiger charge is -2.12. The van der Waals surface area contributed by atoms with Gasteiger partial charge in [-0.15, -0.1) is 0 Å². The molecule has 1 nitrogen and oxygen atoms in total. The maximum Gasteiger partial charge on any atom is 0.138 e. The Morgan fingerprint density at radius 2 is 1.60 bits per heavy atom. The van der Waals surface area contributed by atoms with Crippen molar-refractivity contribution in [2.24, 2.45) is 0 Å². The third-order valence-electron chi connectivity index (χ3n) is 3.14. The molecular weight excluding hydrogens is 282 g/mol. The molecule has 0 aromatic heterocycles. The highest BCUT2D eigenvalue weighted by molar-refractivity contribution is 6.32. The molecule has 0 fully saturated rings. The summed E-state index contributed by atoms with van der Waals surface area (Å²) >= 11 is 5.94. The Hall–Kier alpha value is -1.61. The first kappa shape index (κ1) is 14.8. The normalized spacial score (nSPS) is 10.9. The highest BCUT2D eigenvalue weighted by atomic mass is 35.5. The Bertz CT molecular complexity index is 615. The largest absolute Gasteiger partial charge is 0.495 e. The van der Waals surface area contributed by atoms with Gasteiger partial charge >= 0.3 is 0 Å². The highest BCUT2D eigenvalue weighted by Gasteiger charge is 2.15. The van der Waals surface area contributed by atoms with Crippen molar-refractivity contribution in [3.05, 3.63) is 52.6 Å². The molecule has 0 aliphatic rings. The van der Waals surface area contributed by atoms with Crippen LogP contribution in [-0.2, 0) is 0 Å². The van der Waals surface area contributed by atoms with E-state index in [-0.39, 0.29) is 11.5 Å². The molecule has 0 bridgehead atoms. The molecule has 106 valence electrons. The molecule has 0 heterocycles. The van der Waals surface area contributed by atoms with Crippen molar-refractivity contribution in [3.63, 3.8) is 0 Å². The molecule has 2 aromatic rings. The summed E-state index contributed by atoms with van der Waals surface area (Å²) in [5, 5.41) is 0.455. The Morgan fingerprint density at radius 1 is 1.00 bits per heavy atom. The van der Waals surface area contributed by atoms with E-state index in [4.69, 9.17) is 16.3 Å². The molecule has 20 heavy (non-hydrogen) atoms. The number of hydrogen-bond acceptors (Lipinski definition) is 1. The molecule has 0 aliphatic carbocycles. The van der Waals surface area contributed by atoms with E-state index >= 15 is 0 Å². The average Bonchev–Trinajstić information content (AvgIpc) is 2.37. The van der Waals surface area contributed by atoms with Gasteiger partial charge in [0, 0.05) is 5.56 Å². The molecule has 0 spiro atoms. The molecule has 0 N–H and O–H groups in total. The molecule has 0 radical (unpaired) electrons. The lowest BCUT2D eigenvalue weighted by atomic mass is 9.97. The Balaban J connectivity index is 2.54. The van der Waals surface area contributed by atoms with Gasteiger partial charge in [-0.1, -0.05) is 31.5 Å². The van der Waals surface area contributed by atoms with E-state index in [2.05, 4.69) is 0 Å². The summed E-state index contributed by atoms with van der Waals surface area (Å²) in [6.45, 7) is 3.51. The standard InChI is InChI=1S/C16H15ClF2O/c1-9(2)16-13(18)6-11(7-14(16)19)10-4-5-12(17)15(8-10)20-3/h4-9H,1-3H3. The molecule has 0 amide bonds. The first-order valence-electron chi connectivity index (χ1n) is 6.27. The fourth-order valence-electron chi connectivity index (χ4n) is 2.14. The van der Waals surface area contributed by atoms with Crippen LogP contribution in [0.3, 0.4) is 0 Å². The Labute approximate surface area is 122 Å². The van der Waals surface area contributed by atoms with Crippen molar-refractivity contribution in [1.29, 1.82) is 0 Å². The number of benzene rings is 2. The van der Waals surface area contributed by atoms with E-state index in [9.17, 15) is 8.78 Å². The number of halogens is 3. The van der Waals surface area contributed by atoms with Crippen molar-refractivity contribution in [2.45, 2.75) is 19.8 Å². The van der Waals surface area contributed by atoms with Crippen LogP contribution in [0.5, 0.6) is 5.75 Å². The molecule has 2 rings (SSSR count). The molecule has 0 aliphatic heterocycles. The van der Waals surface area contributed by atoms with Crippen molar-refractivity contribution >= 4 is 11.6 Å². The number of rotatable bonds is 3. The summed E-state index contributed by atoms with van der Waals surface area (Å²) in [5.74, 6) is -0.811. The zero-order valence-electron chi connectivity index (χ0n) is 11.5. The Kier molecular flexibility index (Phi) is 4.29. The van der Waals surface area contributed by atoms with Crippen LogP contribution in [0.2, 0.25) is 5.02 Å². The van der Waals surface area contributed by atoms with Gasteiger partial charge in [0.2, 0.25) is 0 Å². The second-order valence-electron chi connectivity index (χ2n) is 4.86. The monoisotopic (exact) mass is 296 g/mol. The van der Waals surface area contributed by atoms with Crippen LogP contribution >= 0.6 is 11.6 Å². The van der Waals surface area contributed by atoms with Gasteiger partial charge in [0.1, 0.15) is 17.4 Å². The van der Waals surface area contributed by atoms with E-state index in [1.807, 2.05) is 0 Å². The van der Waals surface area contributed by atoms with E-state index in [1.54, 1.807) is 32.0 Å². The summed E-state index contributed by atoms with van der Waals surface area (Å²) in [4.78, 5) is 0. The van der Waals surface area contributed by atoms with Crippen LogP contribution in [0, 0.1) is 11.6 Å². The quantitative estimate of drug-likeness (QED) is 0.735. The van der Waals surface area contributed by atoms with Crippen LogP contribution in [0.1, 0.15) is 25.3 Å². The predicted molar refractivity (Wildman–Crippen MR) is 77.4 cm³/mol. The maximum absolute atomic E-state index is 14.0. The van der Waals surface area contributed by atoms with Gasteiger partial charge < -0.3 is 4.74 Å². The molecule has 0 unspecified atom stereocenters. The smallest absolute Gasteiger partial charge is 0.138 e. The third-order valence-corrected chi connectivity index (χ3v) is 3.45. The fourth-order valence-corrected chi connectivity index (χ4v) is 2.34. The number of hydrogen-bond donors (Lipinski definition) is 0. The van der Waals surface area contributed by atoms with Crippen LogP contribution in [0.15, 0.2) is 30.3 Å². The first-order chi connectivity index (χ1) is 9.43. The highest BCUT2D eigenvalue weighted by Crippen LogP contribution is 2.33. The van der Waals surface area contributed by atoms with Gasteiger partial charge in [-0.3, -0.25) is 0 Å². The molecule has 2 aromatic carbocycles. The molecule has 0 saturated carbocycles. The summed E-state index contributed by atoms with van der Waals surface area (Å²) in [6, 6.07) is 7.67. The van der Waals surface area contributed by atoms with Crippen LogP contribution in [0.4, 0.5) is 8.78 Å². The minimum Gasteiger partial charge on any atom is -0.495 e. The second kappa shape index (κ2) is 5.80. The fraction of sp³-hybridized carbons (Fsp3) is 0.250. The second-order valence-corrected chi connectivity index (χ2v) is 5.26. The minimum atomic E-state index is -0.538. The van der Waals surface area contributed by atoms with Crippen LogP contribution in [0.25, 0.3) is 11.1 Å². The van der Waals surface area contributed by atoms with Crippen molar-refractivity contribution in [2.75, 3.05) is 7.11 Å². The van der Waals surface area contributed by atoms with Gasteiger partial charge in [0.15, 0.2) is 0 Å². The molecule has 4 heteroatoms. The summed E-state index contributed by atoms with van der Waals surface area (Å²) in [6.07, 6.45) is 0. The lowest BCUT2D eigenvalue weighted by molar-refractivity contribution is 0.415. The van der Waals surface area contributed by atoms with Crippen LogP contribution in [-0.4, -0.2) is 7.11 Å². The van der Waals surface area contributed by atoms with Gasteiger partial charge in [-0.25, -0.2) is 8.78 Å². The van der Waals surface area contributed by atoms with E-state index in [0.717, 1.165) is 0 Å². The van der Waals surface area contributed by atoms with Crippen molar-refractivity contribution in [1.82, 2.24) is 0 Å². The average molecular weight is 297 g/mol. The third kappa shape index (κ3) is 2.78. The van der Waals surface area contributed by atoms with Crippen molar-refractivity contribution in [3.8, 4) is 16.9 Å². The molecule has 0 saturated heterocycles. The predicted octanol–water partition coefficient (Wildman–Crippen LogP) is 5.42. The zero-order valence-corrected chi connectivity index (χ0v) is 12.3. The summed E-state index contributed by atoms with van der Waals surface area (Å²) < 4.78 is 33.1. The van der Waals surface area contributed by atoms with Gasteiger partial charge in [0.25, 0.3) is 0 Å². The molecule has 0 atom stereocenters. The zero-order chi connectivity index (χ0) is 14.9. The van der Waals surface area contributed by atoms with Crippen molar-refractivity contribution < 1.29 is 13.5 Å². The summed E-state index contributed by atoms with van der Waals surface area (Å²) in [7, 11) is 1.49. The first-order valence-corrected chi connectivity index (χ1v) is 6.64. The minimum absolute atomic E-state index is 0.106. The van der Waals surface area contributed by atoms with Crippen LogP contribution < -0.4 is 4.74 Å². The van der Waals surface area contributed by atoms with E-state index in [1.165, 1.54) is 19.2 Å². The van der Waals surface area contributed by atoms with E-state index in [0.29, 0.717) is 21.9 Å². The summed E-state index contributed by atoms with van der Waals surface area (Å²) in [5.41, 5.74) is 1.22. The van der Waals surface area contributed by atoms with E-state index < -0.39 is 11.6 Å². The lowest BCUT2D eigenvalue weighted by Crippen LogP contribution is -1.99. The SMILES string of the molecule is COc1cc(-c2cc(F)c(C(C)C)c(F)c2)ccc1Cl. The van der Waals surface area contributed by atoms with Gasteiger partial charge in [0.05, 0.1) is 12.1 Å². The molecular formula is C16H15ClF2O. The van der Waals surface area contributed by atoms with Gasteiger partial charge in [-0.05, 0) is 41.3 Å². The topological polar surface area (TPSA) is 9.23 Å². The maximum atomic E-state index is 14.0.